The van der Waals surface area contributed by atoms with E-state index in [0.717, 1.165) is 12.3 Å². The van der Waals surface area contributed by atoms with Crippen molar-refractivity contribution in [2.75, 3.05) is 18.0 Å². The fourth-order valence-electron chi connectivity index (χ4n) is 2.08. The Bertz CT molecular complexity index is 405. The van der Waals surface area contributed by atoms with Gasteiger partial charge in [0.1, 0.15) is 5.82 Å². The second kappa shape index (κ2) is 4.76. The number of halogens is 3. The molecule has 1 aromatic heterocycles. The Morgan fingerprint density at radius 3 is 2.61 bits per heavy atom. The topological polar surface area (TPSA) is 36.4 Å². The first-order valence-corrected chi connectivity index (χ1v) is 5.84. The van der Waals surface area contributed by atoms with E-state index in [9.17, 15) is 18.3 Å². The van der Waals surface area contributed by atoms with E-state index in [1.807, 2.05) is 11.8 Å². The van der Waals surface area contributed by atoms with E-state index in [1.165, 1.54) is 6.07 Å². The molecule has 1 saturated heterocycles. The predicted molar refractivity (Wildman–Crippen MR) is 61.2 cm³/mol. The van der Waals surface area contributed by atoms with Crippen molar-refractivity contribution in [2.24, 2.45) is 5.92 Å². The number of aromatic nitrogens is 1. The Morgan fingerprint density at radius 2 is 2.11 bits per heavy atom. The molecule has 1 aliphatic rings. The lowest BCUT2D eigenvalue weighted by atomic mass is 9.97. The van der Waals surface area contributed by atoms with E-state index in [2.05, 4.69) is 4.98 Å². The van der Waals surface area contributed by atoms with Crippen LogP contribution in [0.2, 0.25) is 0 Å². The summed E-state index contributed by atoms with van der Waals surface area (Å²) in [5, 5.41) is 9.60. The standard InChI is InChI=1S/C12H15F3N2O/c1-8-7-17(5-4-10(8)18)11-3-2-9(6-16-11)12(13,14)15/h2-3,6,8,10,18H,4-5,7H2,1H3. The fourth-order valence-corrected chi connectivity index (χ4v) is 2.08. The van der Waals surface area contributed by atoms with Gasteiger partial charge in [-0.05, 0) is 24.5 Å². The monoisotopic (exact) mass is 260 g/mol. The van der Waals surface area contributed by atoms with Crippen LogP contribution < -0.4 is 4.90 Å². The molecule has 1 N–H and O–H groups in total. The van der Waals surface area contributed by atoms with Crippen LogP contribution in [0, 0.1) is 5.92 Å². The van der Waals surface area contributed by atoms with E-state index < -0.39 is 11.7 Å². The average molecular weight is 260 g/mol. The molecule has 100 valence electrons. The summed E-state index contributed by atoms with van der Waals surface area (Å²) < 4.78 is 37.2. The minimum atomic E-state index is -4.35. The van der Waals surface area contributed by atoms with Gasteiger partial charge < -0.3 is 10.0 Å². The van der Waals surface area contributed by atoms with Crippen molar-refractivity contribution in [3.8, 4) is 0 Å². The number of nitrogens with zero attached hydrogens (tertiary/aromatic N) is 2. The summed E-state index contributed by atoms with van der Waals surface area (Å²) in [6.07, 6.45) is -3.22. The molecule has 0 saturated carbocycles. The van der Waals surface area contributed by atoms with Gasteiger partial charge in [-0.25, -0.2) is 4.98 Å². The quantitative estimate of drug-likeness (QED) is 0.841. The maximum absolute atomic E-state index is 12.4. The molecule has 18 heavy (non-hydrogen) atoms. The number of pyridine rings is 1. The van der Waals surface area contributed by atoms with Gasteiger partial charge in [0.05, 0.1) is 11.7 Å². The van der Waals surface area contributed by atoms with E-state index in [4.69, 9.17) is 0 Å². The number of hydrogen-bond donors (Lipinski definition) is 1. The molecule has 0 spiro atoms. The number of aliphatic hydroxyl groups excluding tert-OH is 1. The molecule has 2 atom stereocenters. The molecule has 0 amide bonds. The molecule has 1 aliphatic heterocycles. The van der Waals surface area contributed by atoms with Crippen LogP contribution in [-0.4, -0.2) is 29.3 Å². The number of hydrogen-bond acceptors (Lipinski definition) is 3. The molecule has 0 radical (unpaired) electrons. The minimum Gasteiger partial charge on any atom is -0.393 e. The van der Waals surface area contributed by atoms with Crippen molar-refractivity contribution < 1.29 is 18.3 Å². The van der Waals surface area contributed by atoms with Gasteiger partial charge in [-0.2, -0.15) is 13.2 Å². The van der Waals surface area contributed by atoms with E-state index in [0.29, 0.717) is 25.3 Å². The summed E-state index contributed by atoms with van der Waals surface area (Å²) in [7, 11) is 0. The van der Waals surface area contributed by atoms with Crippen LogP contribution >= 0.6 is 0 Å². The maximum Gasteiger partial charge on any atom is 0.417 e. The first-order valence-electron chi connectivity index (χ1n) is 5.84. The molecule has 0 aliphatic carbocycles. The first kappa shape index (κ1) is 13.1. The van der Waals surface area contributed by atoms with Crippen LogP contribution in [0.1, 0.15) is 18.9 Å². The molecule has 2 heterocycles. The molecule has 6 heteroatoms. The lowest BCUT2D eigenvalue weighted by molar-refractivity contribution is -0.137. The lowest BCUT2D eigenvalue weighted by Crippen LogP contribution is -2.42. The highest BCUT2D eigenvalue weighted by atomic mass is 19.4. The summed E-state index contributed by atoms with van der Waals surface area (Å²) >= 11 is 0. The van der Waals surface area contributed by atoms with Gasteiger partial charge in [0, 0.05) is 19.3 Å². The number of aliphatic hydroxyl groups is 1. The van der Waals surface area contributed by atoms with Gasteiger partial charge in [0.25, 0.3) is 0 Å². The van der Waals surface area contributed by atoms with Crippen molar-refractivity contribution in [1.29, 1.82) is 0 Å². The fraction of sp³-hybridized carbons (Fsp3) is 0.583. The second-order valence-electron chi connectivity index (χ2n) is 4.68. The summed E-state index contributed by atoms with van der Waals surface area (Å²) in [5.74, 6) is 0.629. The Balaban J connectivity index is 2.11. The van der Waals surface area contributed by atoms with Crippen molar-refractivity contribution >= 4 is 5.82 Å². The number of alkyl halides is 3. The predicted octanol–water partition coefficient (Wildman–Crippen LogP) is 2.31. The summed E-state index contributed by atoms with van der Waals surface area (Å²) in [4.78, 5) is 5.75. The van der Waals surface area contributed by atoms with Gasteiger partial charge in [-0.3, -0.25) is 0 Å². The molecule has 2 rings (SSSR count). The van der Waals surface area contributed by atoms with Gasteiger partial charge in [0.15, 0.2) is 0 Å². The van der Waals surface area contributed by atoms with Crippen LogP contribution in [0.3, 0.4) is 0 Å². The zero-order valence-corrected chi connectivity index (χ0v) is 9.98. The molecular formula is C12H15F3N2O. The van der Waals surface area contributed by atoms with E-state index in [1.54, 1.807) is 0 Å². The van der Waals surface area contributed by atoms with Crippen molar-refractivity contribution in [1.82, 2.24) is 4.98 Å². The molecule has 3 nitrogen and oxygen atoms in total. The average Bonchev–Trinajstić information content (AvgIpc) is 2.32. The number of piperidine rings is 1. The largest absolute Gasteiger partial charge is 0.417 e. The van der Waals surface area contributed by atoms with Gasteiger partial charge >= 0.3 is 6.18 Å². The SMILES string of the molecule is CC1CN(c2ccc(C(F)(F)F)cn2)CCC1O. The second-order valence-corrected chi connectivity index (χ2v) is 4.68. The zero-order valence-electron chi connectivity index (χ0n) is 9.98. The molecule has 0 bridgehead atoms. The minimum absolute atomic E-state index is 0.0999. The Morgan fingerprint density at radius 1 is 1.39 bits per heavy atom. The maximum atomic E-state index is 12.4. The van der Waals surface area contributed by atoms with Crippen LogP contribution in [0.25, 0.3) is 0 Å². The Hall–Kier alpha value is -1.30. The van der Waals surface area contributed by atoms with Crippen LogP contribution in [0.5, 0.6) is 0 Å². The molecule has 0 aromatic carbocycles. The van der Waals surface area contributed by atoms with Crippen molar-refractivity contribution in [3.63, 3.8) is 0 Å². The van der Waals surface area contributed by atoms with Gasteiger partial charge in [-0.1, -0.05) is 6.92 Å². The van der Waals surface area contributed by atoms with Crippen molar-refractivity contribution in [3.05, 3.63) is 23.9 Å². The highest BCUT2D eigenvalue weighted by Crippen LogP contribution is 2.30. The number of rotatable bonds is 1. The van der Waals surface area contributed by atoms with Gasteiger partial charge in [-0.15, -0.1) is 0 Å². The molecular weight excluding hydrogens is 245 g/mol. The highest BCUT2D eigenvalue weighted by molar-refractivity contribution is 5.40. The molecule has 1 aromatic rings. The van der Waals surface area contributed by atoms with Crippen LogP contribution in [0.4, 0.5) is 19.0 Å². The lowest BCUT2D eigenvalue weighted by Gasteiger charge is -2.35. The smallest absolute Gasteiger partial charge is 0.393 e. The highest BCUT2D eigenvalue weighted by Gasteiger charge is 2.31. The van der Waals surface area contributed by atoms with Crippen LogP contribution in [0.15, 0.2) is 18.3 Å². The Labute approximate surface area is 103 Å². The third kappa shape index (κ3) is 2.75. The summed E-state index contributed by atoms with van der Waals surface area (Å²) in [5.41, 5.74) is -0.739. The van der Waals surface area contributed by atoms with E-state index in [-0.39, 0.29) is 12.0 Å². The first-order chi connectivity index (χ1) is 8.38. The van der Waals surface area contributed by atoms with Crippen molar-refractivity contribution in [2.45, 2.75) is 25.6 Å². The van der Waals surface area contributed by atoms with E-state index >= 15 is 0 Å². The zero-order chi connectivity index (χ0) is 13.3. The van der Waals surface area contributed by atoms with Crippen LogP contribution in [-0.2, 0) is 6.18 Å². The Kier molecular flexibility index (Phi) is 3.47. The van der Waals surface area contributed by atoms with Gasteiger partial charge in [0.2, 0.25) is 0 Å². The summed E-state index contributed by atoms with van der Waals surface area (Å²) in [6, 6.07) is 2.42. The normalized spacial score (nSPS) is 25.3. The number of anilines is 1. The third-order valence-electron chi connectivity index (χ3n) is 3.26. The molecule has 1 fully saturated rings. The summed E-state index contributed by atoms with van der Waals surface area (Å²) in [6.45, 7) is 3.14. The molecule has 2 unspecified atom stereocenters. The third-order valence-corrected chi connectivity index (χ3v) is 3.26.